The third-order valence-corrected chi connectivity index (χ3v) is 4.26. The Morgan fingerprint density at radius 1 is 1.04 bits per heavy atom. The number of carbonyl (C=O) groups excluding carboxylic acids is 2. The molecule has 1 aromatic heterocycles. The van der Waals surface area contributed by atoms with E-state index in [0.717, 1.165) is 10.9 Å². The Labute approximate surface area is 152 Å². The molecule has 5 nitrogen and oxygen atoms in total. The molecule has 2 N–H and O–H groups in total. The molecule has 0 saturated heterocycles. The number of rotatable bonds is 7. The molecule has 1 atom stereocenters. The Morgan fingerprint density at radius 2 is 1.85 bits per heavy atom. The van der Waals surface area contributed by atoms with Crippen molar-refractivity contribution >= 4 is 22.6 Å². The van der Waals surface area contributed by atoms with Gasteiger partial charge in [0.15, 0.2) is 5.76 Å². The summed E-state index contributed by atoms with van der Waals surface area (Å²) in [7, 11) is 0. The Hall–Kier alpha value is -3.08. The topological polar surface area (TPSA) is 71.3 Å². The van der Waals surface area contributed by atoms with Crippen LogP contribution >= 0.6 is 0 Å². The number of amides is 2. The maximum Gasteiger partial charge on any atom is 0.286 e. The van der Waals surface area contributed by atoms with Crippen molar-refractivity contribution < 1.29 is 14.0 Å². The van der Waals surface area contributed by atoms with Gasteiger partial charge in [0, 0.05) is 13.0 Å². The van der Waals surface area contributed by atoms with Gasteiger partial charge in [-0.1, -0.05) is 36.4 Å². The molecule has 134 valence electrons. The number of furan rings is 1. The number of fused-ring (bicyclic) bond motifs is 1. The van der Waals surface area contributed by atoms with E-state index in [4.69, 9.17) is 4.42 Å². The van der Waals surface area contributed by atoms with Crippen molar-refractivity contribution in [3.05, 3.63) is 72.2 Å². The highest BCUT2D eigenvalue weighted by Crippen LogP contribution is 2.20. The van der Waals surface area contributed by atoms with Crippen LogP contribution in [-0.4, -0.2) is 18.4 Å². The number of benzene rings is 2. The molecular formula is C21H22N2O3. The lowest BCUT2D eigenvalue weighted by atomic mass is 10.0. The second kappa shape index (κ2) is 8.34. The first-order valence-corrected chi connectivity index (χ1v) is 8.73. The molecular weight excluding hydrogens is 328 g/mol. The Bertz CT molecular complexity index is 887. The molecule has 0 bridgehead atoms. The predicted molar refractivity (Wildman–Crippen MR) is 101 cm³/mol. The van der Waals surface area contributed by atoms with E-state index in [1.807, 2.05) is 25.1 Å². The SMILES string of the molecule is CC(NC(=O)CCCNC(=O)c1ccco1)c1ccc2ccccc2c1. The molecule has 3 rings (SSSR count). The first kappa shape index (κ1) is 17.7. The van der Waals surface area contributed by atoms with Crippen LogP contribution in [0.4, 0.5) is 0 Å². The summed E-state index contributed by atoms with van der Waals surface area (Å²) in [4.78, 5) is 23.8. The monoisotopic (exact) mass is 350 g/mol. The molecule has 26 heavy (non-hydrogen) atoms. The van der Waals surface area contributed by atoms with Crippen LogP contribution in [-0.2, 0) is 4.79 Å². The molecule has 5 heteroatoms. The van der Waals surface area contributed by atoms with Gasteiger partial charge >= 0.3 is 0 Å². The largest absolute Gasteiger partial charge is 0.459 e. The number of hydrogen-bond acceptors (Lipinski definition) is 3. The second-order valence-electron chi connectivity index (χ2n) is 6.23. The van der Waals surface area contributed by atoms with E-state index in [2.05, 4.69) is 34.9 Å². The lowest BCUT2D eigenvalue weighted by Crippen LogP contribution is -2.28. The molecule has 1 heterocycles. The average Bonchev–Trinajstić information content (AvgIpc) is 3.19. The smallest absolute Gasteiger partial charge is 0.286 e. The van der Waals surface area contributed by atoms with Gasteiger partial charge in [0.05, 0.1) is 12.3 Å². The maximum absolute atomic E-state index is 12.1. The Morgan fingerprint density at radius 3 is 2.62 bits per heavy atom. The maximum atomic E-state index is 12.1. The molecule has 0 spiro atoms. The van der Waals surface area contributed by atoms with E-state index >= 15 is 0 Å². The van der Waals surface area contributed by atoms with E-state index in [1.54, 1.807) is 12.1 Å². The summed E-state index contributed by atoms with van der Waals surface area (Å²) < 4.78 is 5.01. The van der Waals surface area contributed by atoms with Crippen LogP contribution in [0.5, 0.6) is 0 Å². The van der Waals surface area contributed by atoms with Crippen LogP contribution in [0, 0.1) is 0 Å². The van der Waals surface area contributed by atoms with Crippen molar-refractivity contribution in [3.8, 4) is 0 Å². The minimum atomic E-state index is -0.264. The van der Waals surface area contributed by atoms with Crippen molar-refractivity contribution in [2.45, 2.75) is 25.8 Å². The summed E-state index contributed by atoms with van der Waals surface area (Å²) in [5, 5.41) is 8.08. The summed E-state index contributed by atoms with van der Waals surface area (Å²) in [5.74, 6) is -0.0165. The zero-order chi connectivity index (χ0) is 18.4. The highest BCUT2D eigenvalue weighted by molar-refractivity contribution is 5.91. The van der Waals surface area contributed by atoms with Crippen molar-refractivity contribution in [1.82, 2.24) is 10.6 Å². The molecule has 1 unspecified atom stereocenters. The fourth-order valence-electron chi connectivity index (χ4n) is 2.82. The van der Waals surface area contributed by atoms with Gasteiger partial charge < -0.3 is 15.1 Å². The Balaban J connectivity index is 1.44. The van der Waals surface area contributed by atoms with Crippen molar-refractivity contribution in [1.29, 1.82) is 0 Å². The zero-order valence-electron chi connectivity index (χ0n) is 14.7. The normalized spacial score (nSPS) is 11.9. The van der Waals surface area contributed by atoms with Crippen molar-refractivity contribution in [2.75, 3.05) is 6.54 Å². The molecule has 2 aromatic carbocycles. The third-order valence-electron chi connectivity index (χ3n) is 4.26. The van der Waals surface area contributed by atoms with Crippen LogP contribution in [0.3, 0.4) is 0 Å². The van der Waals surface area contributed by atoms with Gasteiger partial charge in [0.1, 0.15) is 0 Å². The van der Waals surface area contributed by atoms with Crippen LogP contribution in [0.2, 0.25) is 0 Å². The van der Waals surface area contributed by atoms with Gasteiger partial charge in [-0.25, -0.2) is 0 Å². The molecule has 3 aromatic rings. The van der Waals surface area contributed by atoms with E-state index in [0.29, 0.717) is 19.4 Å². The number of hydrogen-bond donors (Lipinski definition) is 2. The summed E-state index contributed by atoms with van der Waals surface area (Å²) in [6, 6.07) is 17.6. The van der Waals surface area contributed by atoms with Gasteiger partial charge in [-0.2, -0.15) is 0 Å². The molecule has 0 fully saturated rings. The minimum Gasteiger partial charge on any atom is -0.459 e. The highest BCUT2D eigenvalue weighted by Gasteiger charge is 2.11. The van der Waals surface area contributed by atoms with Gasteiger partial charge in [-0.3, -0.25) is 9.59 Å². The molecule has 0 aliphatic rings. The lowest BCUT2D eigenvalue weighted by Gasteiger charge is -2.15. The fraction of sp³-hybridized carbons (Fsp3) is 0.238. The second-order valence-corrected chi connectivity index (χ2v) is 6.23. The molecule has 0 aliphatic heterocycles. The van der Waals surface area contributed by atoms with E-state index in [1.165, 1.54) is 11.6 Å². The molecule has 2 amide bonds. The number of carbonyl (C=O) groups is 2. The van der Waals surface area contributed by atoms with Crippen LogP contribution < -0.4 is 10.6 Å². The van der Waals surface area contributed by atoms with Crippen LogP contribution in [0.1, 0.15) is 41.9 Å². The molecule has 0 aliphatic carbocycles. The summed E-state index contributed by atoms with van der Waals surface area (Å²) in [6.07, 6.45) is 2.38. The zero-order valence-corrected chi connectivity index (χ0v) is 14.7. The summed E-state index contributed by atoms with van der Waals surface area (Å²) in [5.41, 5.74) is 1.07. The van der Waals surface area contributed by atoms with E-state index in [-0.39, 0.29) is 23.6 Å². The highest BCUT2D eigenvalue weighted by atomic mass is 16.3. The standard InChI is InChI=1S/C21H22N2O3/c1-15(17-11-10-16-6-2-3-7-18(16)14-17)23-20(24)9-4-12-22-21(25)19-8-5-13-26-19/h2-3,5-8,10-11,13-15H,4,9,12H2,1H3,(H,22,25)(H,23,24). The Kier molecular flexibility index (Phi) is 5.69. The predicted octanol–water partition coefficient (Wildman–Crippen LogP) is 3.82. The van der Waals surface area contributed by atoms with Crippen LogP contribution in [0.25, 0.3) is 10.8 Å². The summed E-state index contributed by atoms with van der Waals surface area (Å²) >= 11 is 0. The fourth-order valence-corrected chi connectivity index (χ4v) is 2.82. The van der Waals surface area contributed by atoms with Gasteiger partial charge in [0.25, 0.3) is 5.91 Å². The lowest BCUT2D eigenvalue weighted by molar-refractivity contribution is -0.121. The van der Waals surface area contributed by atoms with Gasteiger partial charge in [-0.05, 0) is 47.9 Å². The van der Waals surface area contributed by atoms with E-state index < -0.39 is 0 Å². The van der Waals surface area contributed by atoms with Crippen molar-refractivity contribution in [3.63, 3.8) is 0 Å². The minimum absolute atomic E-state index is 0.0297. The number of nitrogens with one attached hydrogen (secondary N) is 2. The molecule has 0 saturated carbocycles. The summed E-state index contributed by atoms with van der Waals surface area (Å²) in [6.45, 7) is 2.40. The first-order chi connectivity index (χ1) is 12.6. The first-order valence-electron chi connectivity index (χ1n) is 8.73. The van der Waals surface area contributed by atoms with Gasteiger partial charge in [-0.15, -0.1) is 0 Å². The quantitative estimate of drug-likeness (QED) is 0.636. The third kappa shape index (κ3) is 4.51. The average molecular weight is 350 g/mol. The van der Waals surface area contributed by atoms with Gasteiger partial charge in [0.2, 0.25) is 5.91 Å². The molecule has 0 radical (unpaired) electrons. The van der Waals surface area contributed by atoms with Crippen LogP contribution in [0.15, 0.2) is 65.3 Å². The van der Waals surface area contributed by atoms with Crippen molar-refractivity contribution in [2.24, 2.45) is 0 Å². The van der Waals surface area contributed by atoms with E-state index in [9.17, 15) is 9.59 Å².